The minimum absolute atomic E-state index is 0.312. The molecule has 0 heterocycles. The zero-order valence-corrected chi connectivity index (χ0v) is 10.1. The Balaban J connectivity index is 2.59. The molecule has 0 N–H and O–H groups in total. The molecule has 1 unspecified atom stereocenters. The van der Waals surface area contributed by atoms with Crippen molar-refractivity contribution in [2.24, 2.45) is 4.99 Å². The highest BCUT2D eigenvalue weighted by molar-refractivity contribution is 6.30. The summed E-state index contributed by atoms with van der Waals surface area (Å²) in [5.74, 6) is -0.312. The van der Waals surface area contributed by atoms with E-state index in [1.165, 1.54) is 0 Å². The third-order valence-electron chi connectivity index (χ3n) is 1.94. The molecule has 0 bridgehead atoms. The molecule has 0 saturated carbocycles. The third kappa shape index (κ3) is 4.03. The Morgan fingerprint density at radius 1 is 1.50 bits per heavy atom. The Kier molecular flexibility index (Phi) is 4.99. The van der Waals surface area contributed by atoms with Crippen LogP contribution in [0.25, 0.3) is 0 Å². The summed E-state index contributed by atoms with van der Waals surface area (Å²) in [6, 6.07) is 6.75. The molecule has 0 aliphatic carbocycles. The van der Waals surface area contributed by atoms with Crippen LogP contribution in [0.2, 0.25) is 5.02 Å². The van der Waals surface area contributed by atoms with Gasteiger partial charge in [0.1, 0.15) is 6.04 Å². The van der Waals surface area contributed by atoms with E-state index in [0.717, 1.165) is 5.56 Å². The van der Waals surface area contributed by atoms with Crippen LogP contribution in [-0.2, 0) is 9.53 Å². The van der Waals surface area contributed by atoms with Crippen molar-refractivity contribution in [3.63, 3.8) is 0 Å². The maximum atomic E-state index is 11.3. The van der Waals surface area contributed by atoms with Gasteiger partial charge >= 0.3 is 5.97 Å². The molecule has 0 aromatic heterocycles. The molecule has 4 heteroatoms. The number of carbonyl (C=O) groups is 1. The largest absolute Gasteiger partial charge is 0.464 e. The maximum absolute atomic E-state index is 11.3. The SMILES string of the molecule is CCOC(=O)C(C)N=Cc1ccc(Cl)cc1. The molecule has 0 saturated heterocycles. The second-order valence-electron chi connectivity index (χ2n) is 3.26. The Morgan fingerprint density at radius 2 is 2.12 bits per heavy atom. The number of hydrogen-bond donors (Lipinski definition) is 0. The topological polar surface area (TPSA) is 38.7 Å². The minimum atomic E-state index is -0.476. The summed E-state index contributed by atoms with van der Waals surface area (Å²) >= 11 is 5.75. The Morgan fingerprint density at radius 3 is 2.69 bits per heavy atom. The van der Waals surface area contributed by atoms with Gasteiger partial charge in [-0.3, -0.25) is 4.99 Å². The molecule has 1 aromatic rings. The van der Waals surface area contributed by atoms with Gasteiger partial charge in [0.25, 0.3) is 0 Å². The molecule has 0 aliphatic rings. The zero-order valence-electron chi connectivity index (χ0n) is 9.31. The van der Waals surface area contributed by atoms with Crippen LogP contribution in [0.3, 0.4) is 0 Å². The van der Waals surface area contributed by atoms with Crippen molar-refractivity contribution in [3.8, 4) is 0 Å². The van der Waals surface area contributed by atoms with E-state index in [2.05, 4.69) is 4.99 Å². The number of hydrogen-bond acceptors (Lipinski definition) is 3. The van der Waals surface area contributed by atoms with Gasteiger partial charge in [0.2, 0.25) is 0 Å². The molecule has 0 amide bonds. The summed E-state index contributed by atoms with van der Waals surface area (Å²) in [4.78, 5) is 15.4. The molecule has 0 aliphatic heterocycles. The molecule has 0 fully saturated rings. The summed E-state index contributed by atoms with van der Waals surface area (Å²) in [6.07, 6.45) is 1.64. The van der Waals surface area contributed by atoms with E-state index in [1.807, 2.05) is 12.1 Å². The van der Waals surface area contributed by atoms with Crippen LogP contribution >= 0.6 is 11.6 Å². The molecule has 3 nitrogen and oxygen atoms in total. The second-order valence-corrected chi connectivity index (χ2v) is 3.69. The van der Waals surface area contributed by atoms with Gasteiger partial charge in [0.05, 0.1) is 6.61 Å². The molecule has 0 spiro atoms. The zero-order chi connectivity index (χ0) is 12.0. The number of rotatable bonds is 4. The number of benzene rings is 1. The van der Waals surface area contributed by atoms with Gasteiger partial charge in [0, 0.05) is 11.2 Å². The van der Waals surface area contributed by atoms with Crippen molar-refractivity contribution in [3.05, 3.63) is 34.9 Å². The Bertz CT molecular complexity index is 373. The second kappa shape index (κ2) is 6.28. The van der Waals surface area contributed by atoms with Crippen molar-refractivity contribution >= 4 is 23.8 Å². The van der Waals surface area contributed by atoms with E-state index < -0.39 is 6.04 Å². The van der Waals surface area contributed by atoms with Gasteiger partial charge in [-0.15, -0.1) is 0 Å². The van der Waals surface area contributed by atoms with E-state index in [0.29, 0.717) is 11.6 Å². The predicted octanol–water partition coefficient (Wildman–Crippen LogP) is 2.71. The summed E-state index contributed by atoms with van der Waals surface area (Å²) in [7, 11) is 0. The van der Waals surface area contributed by atoms with Crippen LogP contribution in [0.5, 0.6) is 0 Å². The number of carbonyl (C=O) groups excluding carboxylic acids is 1. The lowest BCUT2D eigenvalue weighted by atomic mass is 10.2. The highest BCUT2D eigenvalue weighted by atomic mass is 35.5. The van der Waals surface area contributed by atoms with Gasteiger partial charge in [-0.2, -0.15) is 0 Å². The van der Waals surface area contributed by atoms with Crippen LogP contribution in [0, 0.1) is 0 Å². The van der Waals surface area contributed by atoms with Gasteiger partial charge in [-0.1, -0.05) is 23.7 Å². The third-order valence-corrected chi connectivity index (χ3v) is 2.20. The summed E-state index contributed by atoms with van der Waals surface area (Å²) in [6.45, 7) is 3.84. The van der Waals surface area contributed by atoms with E-state index in [-0.39, 0.29) is 5.97 Å². The van der Waals surface area contributed by atoms with Gasteiger partial charge in [-0.25, -0.2) is 4.79 Å². The monoisotopic (exact) mass is 239 g/mol. The predicted molar refractivity (Wildman–Crippen MR) is 65.1 cm³/mol. The van der Waals surface area contributed by atoms with E-state index >= 15 is 0 Å². The number of aliphatic imine (C=N–C) groups is 1. The number of ether oxygens (including phenoxy) is 1. The van der Waals surface area contributed by atoms with Gasteiger partial charge < -0.3 is 4.74 Å². The Hall–Kier alpha value is -1.35. The standard InChI is InChI=1S/C12H14ClNO2/c1-3-16-12(15)9(2)14-8-10-4-6-11(13)7-5-10/h4-9H,3H2,1-2H3. The molecular formula is C12H14ClNO2. The fourth-order valence-corrected chi connectivity index (χ4v) is 1.20. The van der Waals surface area contributed by atoms with Crippen molar-refractivity contribution < 1.29 is 9.53 Å². The van der Waals surface area contributed by atoms with E-state index in [1.54, 1.807) is 32.2 Å². The minimum Gasteiger partial charge on any atom is -0.464 e. The first-order chi connectivity index (χ1) is 7.63. The summed E-state index contributed by atoms with van der Waals surface area (Å²) in [5, 5.41) is 0.676. The van der Waals surface area contributed by atoms with Crippen molar-refractivity contribution in [2.75, 3.05) is 6.61 Å². The van der Waals surface area contributed by atoms with Crippen LogP contribution in [0.4, 0.5) is 0 Å². The quantitative estimate of drug-likeness (QED) is 0.599. The number of esters is 1. The van der Waals surface area contributed by atoms with Crippen LogP contribution in [0.15, 0.2) is 29.3 Å². The number of halogens is 1. The molecular weight excluding hydrogens is 226 g/mol. The molecule has 0 radical (unpaired) electrons. The van der Waals surface area contributed by atoms with Crippen LogP contribution in [-0.4, -0.2) is 24.8 Å². The average molecular weight is 240 g/mol. The molecule has 86 valence electrons. The van der Waals surface area contributed by atoms with E-state index in [4.69, 9.17) is 16.3 Å². The van der Waals surface area contributed by atoms with Crippen LogP contribution in [0.1, 0.15) is 19.4 Å². The molecule has 16 heavy (non-hydrogen) atoms. The first kappa shape index (κ1) is 12.7. The average Bonchev–Trinajstić information content (AvgIpc) is 2.28. The smallest absolute Gasteiger partial charge is 0.330 e. The lowest BCUT2D eigenvalue weighted by Crippen LogP contribution is -2.18. The summed E-state index contributed by atoms with van der Waals surface area (Å²) < 4.78 is 4.84. The normalized spacial score (nSPS) is 12.7. The van der Waals surface area contributed by atoms with Crippen molar-refractivity contribution in [2.45, 2.75) is 19.9 Å². The fraction of sp³-hybridized carbons (Fsp3) is 0.333. The van der Waals surface area contributed by atoms with Crippen LogP contribution < -0.4 is 0 Å². The first-order valence-corrected chi connectivity index (χ1v) is 5.46. The highest BCUT2D eigenvalue weighted by Crippen LogP contribution is 2.08. The lowest BCUT2D eigenvalue weighted by molar-refractivity contribution is -0.144. The summed E-state index contributed by atoms with van der Waals surface area (Å²) in [5.41, 5.74) is 0.903. The fourth-order valence-electron chi connectivity index (χ4n) is 1.07. The lowest BCUT2D eigenvalue weighted by Gasteiger charge is -2.04. The number of nitrogens with zero attached hydrogens (tertiary/aromatic N) is 1. The maximum Gasteiger partial charge on any atom is 0.330 e. The van der Waals surface area contributed by atoms with Crippen molar-refractivity contribution in [1.82, 2.24) is 0 Å². The van der Waals surface area contributed by atoms with Gasteiger partial charge in [0.15, 0.2) is 0 Å². The van der Waals surface area contributed by atoms with E-state index in [9.17, 15) is 4.79 Å². The molecule has 1 rings (SSSR count). The Labute approximate surface area is 100 Å². The molecule has 1 atom stereocenters. The first-order valence-electron chi connectivity index (χ1n) is 5.09. The van der Waals surface area contributed by atoms with Crippen molar-refractivity contribution in [1.29, 1.82) is 0 Å². The molecule has 1 aromatic carbocycles. The highest BCUT2D eigenvalue weighted by Gasteiger charge is 2.10. The van der Waals surface area contributed by atoms with Gasteiger partial charge in [-0.05, 0) is 31.5 Å².